The third kappa shape index (κ3) is 5.40. The number of aromatic nitrogens is 4. The standard InChI is InChI=1S/C22H27ClN8O2/c1-3-33-18(32)12-30-7-9-31(10-8-30)20-16(11-15-5-4-6-17(23)19(15)28-20)14(2)27-22-26-13-25-21(24)29-22/h4-6,11,13-14H,3,7-10,12H2,1-2H3,(H3,24,25,26,27,29)/t14-/m0/s1. The molecule has 10 nitrogen and oxygen atoms in total. The Balaban J connectivity index is 1.61. The predicted molar refractivity (Wildman–Crippen MR) is 128 cm³/mol. The number of halogens is 1. The van der Waals surface area contributed by atoms with E-state index in [-0.39, 0.29) is 18.0 Å². The van der Waals surface area contributed by atoms with Crippen LogP contribution in [0.4, 0.5) is 17.7 Å². The maximum atomic E-state index is 11.8. The second-order valence-corrected chi connectivity index (χ2v) is 8.22. The van der Waals surface area contributed by atoms with Crippen molar-refractivity contribution < 1.29 is 9.53 Å². The van der Waals surface area contributed by atoms with Crippen molar-refractivity contribution in [1.29, 1.82) is 0 Å². The van der Waals surface area contributed by atoms with E-state index in [1.807, 2.05) is 32.0 Å². The van der Waals surface area contributed by atoms with Gasteiger partial charge in [-0.25, -0.2) is 15.0 Å². The van der Waals surface area contributed by atoms with Crippen LogP contribution in [-0.4, -0.2) is 70.1 Å². The molecule has 0 radical (unpaired) electrons. The molecule has 4 rings (SSSR count). The highest BCUT2D eigenvalue weighted by atomic mass is 35.5. The first-order valence-electron chi connectivity index (χ1n) is 10.9. The van der Waals surface area contributed by atoms with Gasteiger partial charge in [0.2, 0.25) is 11.9 Å². The average Bonchev–Trinajstić information content (AvgIpc) is 2.79. The van der Waals surface area contributed by atoms with Crippen LogP contribution in [0.25, 0.3) is 10.9 Å². The predicted octanol–water partition coefficient (Wildman–Crippen LogP) is 2.51. The van der Waals surface area contributed by atoms with Crippen LogP contribution >= 0.6 is 11.6 Å². The number of para-hydroxylation sites is 1. The van der Waals surface area contributed by atoms with Gasteiger partial charge in [0.1, 0.15) is 12.1 Å². The fraction of sp³-hybridized carbons (Fsp3) is 0.409. The van der Waals surface area contributed by atoms with Gasteiger partial charge in [-0.15, -0.1) is 0 Å². The fourth-order valence-electron chi connectivity index (χ4n) is 3.90. The number of ether oxygens (including phenoxy) is 1. The Morgan fingerprint density at radius 1 is 1.24 bits per heavy atom. The summed E-state index contributed by atoms with van der Waals surface area (Å²) in [5.74, 6) is 1.19. The van der Waals surface area contributed by atoms with Gasteiger partial charge in [0.05, 0.1) is 29.7 Å². The minimum atomic E-state index is -0.198. The summed E-state index contributed by atoms with van der Waals surface area (Å²) in [5, 5.41) is 4.85. The van der Waals surface area contributed by atoms with Gasteiger partial charge in [0, 0.05) is 37.1 Å². The fourth-order valence-corrected chi connectivity index (χ4v) is 4.12. The number of hydrogen-bond donors (Lipinski definition) is 2. The molecule has 0 aliphatic carbocycles. The summed E-state index contributed by atoms with van der Waals surface area (Å²) in [6.45, 7) is 7.43. The zero-order valence-corrected chi connectivity index (χ0v) is 19.4. The van der Waals surface area contributed by atoms with Crippen LogP contribution in [-0.2, 0) is 9.53 Å². The number of nitrogens with one attached hydrogen (secondary N) is 1. The average molecular weight is 471 g/mol. The van der Waals surface area contributed by atoms with Crippen LogP contribution in [0.5, 0.6) is 0 Å². The zero-order valence-electron chi connectivity index (χ0n) is 18.7. The van der Waals surface area contributed by atoms with E-state index in [4.69, 9.17) is 27.1 Å². The molecule has 0 amide bonds. The molecular formula is C22H27ClN8O2. The van der Waals surface area contributed by atoms with Gasteiger partial charge < -0.3 is 20.7 Å². The maximum Gasteiger partial charge on any atom is 0.320 e. The van der Waals surface area contributed by atoms with E-state index < -0.39 is 0 Å². The van der Waals surface area contributed by atoms with Gasteiger partial charge in [0.15, 0.2) is 0 Å². The number of pyridine rings is 1. The Labute approximate surface area is 197 Å². The molecule has 1 atom stereocenters. The van der Waals surface area contributed by atoms with E-state index in [0.717, 1.165) is 48.5 Å². The molecule has 1 aliphatic heterocycles. The summed E-state index contributed by atoms with van der Waals surface area (Å²) in [7, 11) is 0. The summed E-state index contributed by atoms with van der Waals surface area (Å²) in [6.07, 6.45) is 1.37. The molecule has 0 unspecified atom stereocenters. The van der Waals surface area contributed by atoms with Gasteiger partial charge in [-0.05, 0) is 26.0 Å². The number of carbonyl (C=O) groups excluding carboxylic acids is 1. The van der Waals surface area contributed by atoms with Crippen LogP contribution in [0, 0.1) is 0 Å². The summed E-state index contributed by atoms with van der Waals surface area (Å²) in [5.41, 5.74) is 7.44. The number of nitrogen functional groups attached to an aromatic ring is 1. The second kappa shape index (κ2) is 10.1. The van der Waals surface area contributed by atoms with Crippen LogP contribution in [0.15, 0.2) is 30.6 Å². The van der Waals surface area contributed by atoms with E-state index in [1.165, 1.54) is 6.33 Å². The highest BCUT2D eigenvalue weighted by Gasteiger charge is 2.25. The van der Waals surface area contributed by atoms with Crippen LogP contribution < -0.4 is 16.0 Å². The molecule has 33 heavy (non-hydrogen) atoms. The Hall–Kier alpha value is -3.24. The SMILES string of the molecule is CCOC(=O)CN1CCN(c2nc3c(Cl)cccc3cc2[C@H](C)Nc2ncnc(N)n2)CC1. The molecular weight excluding hydrogens is 444 g/mol. The van der Waals surface area contributed by atoms with Gasteiger partial charge in [-0.1, -0.05) is 23.7 Å². The van der Waals surface area contributed by atoms with Gasteiger partial charge in [0.25, 0.3) is 0 Å². The monoisotopic (exact) mass is 470 g/mol. The lowest BCUT2D eigenvalue weighted by atomic mass is 10.0. The normalized spacial score (nSPS) is 15.4. The number of anilines is 3. The highest BCUT2D eigenvalue weighted by Crippen LogP contribution is 2.33. The molecule has 3 aromatic rings. The van der Waals surface area contributed by atoms with Crippen molar-refractivity contribution in [3.8, 4) is 0 Å². The third-order valence-corrected chi connectivity index (χ3v) is 5.84. The van der Waals surface area contributed by atoms with Crippen LogP contribution in [0.1, 0.15) is 25.5 Å². The Kier molecular flexibility index (Phi) is 7.05. The van der Waals surface area contributed by atoms with Crippen molar-refractivity contribution in [2.24, 2.45) is 0 Å². The molecule has 2 aromatic heterocycles. The Bertz CT molecular complexity index is 1140. The molecule has 1 saturated heterocycles. The maximum absolute atomic E-state index is 11.8. The van der Waals surface area contributed by atoms with E-state index in [1.54, 1.807) is 0 Å². The van der Waals surface area contributed by atoms with E-state index >= 15 is 0 Å². The van der Waals surface area contributed by atoms with Crippen LogP contribution in [0.3, 0.4) is 0 Å². The topological polar surface area (TPSA) is 122 Å². The van der Waals surface area contributed by atoms with Crippen LogP contribution in [0.2, 0.25) is 5.02 Å². The van der Waals surface area contributed by atoms with E-state index in [0.29, 0.717) is 24.1 Å². The number of nitrogens with two attached hydrogens (primary N) is 1. The summed E-state index contributed by atoms with van der Waals surface area (Å²) < 4.78 is 5.08. The van der Waals surface area contributed by atoms with Crippen molar-refractivity contribution in [2.45, 2.75) is 19.9 Å². The van der Waals surface area contributed by atoms with Crippen molar-refractivity contribution >= 4 is 46.2 Å². The highest BCUT2D eigenvalue weighted by molar-refractivity contribution is 6.35. The van der Waals surface area contributed by atoms with Gasteiger partial charge in [-0.3, -0.25) is 9.69 Å². The first kappa shape index (κ1) is 22.9. The molecule has 1 aliphatic rings. The summed E-state index contributed by atoms with van der Waals surface area (Å²) >= 11 is 6.46. The molecule has 0 bridgehead atoms. The smallest absolute Gasteiger partial charge is 0.320 e. The third-order valence-electron chi connectivity index (χ3n) is 5.54. The summed E-state index contributed by atoms with van der Waals surface area (Å²) in [4.78, 5) is 33.3. The largest absolute Gasteiger partial charge is 0.465 e. The minimum absolute atomic E-state index is 0.154. The number of piperazine rings is 1. The van der Waals surface area contributed by atoms with Crippen molar-refractivity contribution in [3.05, 3.63) is 41.2 Å². The second-order valence-electron chi connectivity index (χ2n) is 7.81. The summed E-state index contributed by atoms with van der Waals surface area (Å²) in [6, 6.07) is 7.68. The number of nitrogens with zero attached hydrogens (tertiary/aromatic N) is 6. The molecule has 1 fully saturated rings. The number of hydrogen-bond acceptors (Lipinski definition) is 10. The molecule has 0 spiro atoms. The van der Waals surface area contributed by atoms with Crippen molar-refractivity contribution in [2.75, 3.05) is 55.3 Å². The lowest BCUT2D eigenvalue weighted by molar-refractivity contribution is -0.144. The molecule has 3 heterocycles. The Morgan fingerprint density at radius 3 is 2.76 bits per heavy atom. The van der Waals surface area contributed by atoms with Gasteiger partial charge in [-0.2, -0.15) is 4.98 Å². The van der Waals surface area contributed by atoms with E-state index in [9.17, 15) is 4.79 Å². The quantitative estimate of drug-likeness (QED) is 0.498. The lowest BCUT2D eigenvalue weighted by Crippen LogP contribution is -2.48. The minimum Gasteiger partial charge on any atom is -0.465 e. The number of fused-ring (bicyclic) bond motifs is 1. The molecule has 174 valence electrons. The first-order valence-corrected chi connectivity index (χ1v) is 11.3. The zero-order chi connectivity index (χ0) is 23.4. The number of esters is 1. The molecule has 11 heteroatoms. The molecule has 3 N–H and O–H groups in total. The molecule has 1 aromatic carbocycles. The van der Waals surface area contributed by atoms with Crippen molar-refractivity contribution in [3.63, 3.8) is 0 Å². The number of carbonyl (C=O) groups is 1. The first-order chi connectivity index (χ1) is 15.9. The van der Waals surface area contributed by atoms with E-state index in [2.05, 4.69) is 36.1 Å². The van der Waals surface area contributed by atoms with Gasteiger partial charge >= 0.3 is 5.97 Å². The van der Waals surface area contributed by atoms with Crippen molar-refractivity contribution in [1.82, 2.24) is 24.8 Å². The Morgan fingerprint density at radius 2 is 2.03 bits per heavy atom. The number of rotatable bonds is 7. The number of benzene rings is 1. The molecule has 0 saturated carbocycles. The lowest BCUT2D eigenvalue weighted by Gasteiger charge is -2.36.